The molecule has 6 heteroatoms. The summed E-state index contributed by atoms with van der Waals surface area (Å²) in [4.78, 5) is 30.8. The molecule has 35 heavy (non-hydrogen) atoms. The van der Waals surface area contributed by atoms with Crippen LogP contribution in [0.25, 0.3) is 0 Å². The Labute approximate surface area is 215 Å². The van der Waals surface area contributed by atoms with Gasteiger partial charge in [0.2, 0.25) is 0 Å². The van der Waals surface area contributed by atoms with Crippen molar-refractivity contribution in [3.63, 3.8) is 0 Å². The monoisotopic (exact) mass is 494 g/mol. The van der Waals surface area contributed by atoms with Gasteiger partial charge in [-0.2, -0.15) is 0 Å². The van der Waals surface area contributed by atoms with E-state index in [2.05, 4.69) is 93.1 Å². The minimum absolute atomic E-state index is 0.0541. The van der Waals surface area contributed by atoms with E-state index in [-0.39, 0.29) is 52.6 Å². The Morgan fingerprint density at radius 2 is 1.00 bits per heavy atom. The summed E-state index contributed by atoms with van der Waals surface area (Å²) in [5, 5.41) is 0. The van der Waals surface area contributed by atoms with Gasteiger partial charge in [-0.3, -0.25) is 19.4 Å². The summed E-state index contributed by atoms with van der Waals surface area (Å²) in [6.45, 7) is 22.1. The van der Waals surface area contributed by atoms with Gasteiger partial charge in [0.1, 0.15) is 18.6 Å². The van der Waals surface area contributed by atoms with Crippen molar-refractivity contribution in [1.82, 2.24) is 9.80 Å². The molecule has 204 valence electrons. The quantitative estimate of drug-likeness (QED) is 0.313. The molecule has 2 aliphatic rings. The molecule has 0 aliphatic carbocycles. The minimum atomic E-state index is -0.467. The lowest BCUT2D eigenvalue weighted by molar-refractivity contribution is -0.182. The fourth-order valence-electron chi connectivity index (χ4n) is 6.85. The van der Waals surface area contributed by atoms with Crippen molar-refractivity contribution >= 4 is 11.9 Å². The molecular formula is C29H54N2O4. The van der Waals surface area contributed by atoms with Crippen molar-refractivity contribution < 1.29 is 19.1 Å². The molecule has 2 heterocycles. The van der Waals surface area contributed by atoms with Crippen LogP contribution < -0.4 is 0 Å². The standard InChI is InChI=1S/C29H54N2O4/c1-13-26(7)18-22(20(5)28(9,15-3)30(26)11)34-24(32)17-25(33)35-23-19-27(8,14-2)31(12)29(10,16-4)21(23)6/h20-23H,13-19H2,1-12H3. The predicted octanol–water partition coefficient (Wildman–Crippen LogP) is 5.82. The van der Waals surface area contributed by atoms with Gasteiger partial charge in [0, 0.05) is 46.8 Å². The number of carbonyl (C=O) groups excluding carboxylic acids is 2. The normalized spacial score (nSPS) is 43.1. The van der Waals surface area contributed by atoms with E-state index >= 15 is 0 Å². The molecule has 2 saturated heterocycles. The smallest absolute Gasteiger partial charge is 0.317 e. The predicted molar refractivity (Wildman–Crippen MR) is 142 cm³/mol. The summed E-state index contributed by atoms with van der Waals surface area (Å²) < 4.78 is 12.0. The summed E-state index contributed by atoms with van der Waals surface area (Å²) in [6.07, 6.45) is 4.68. The third-order valence-corrected chi connectivity index (χ3v) is 11.3. The van der Waals surface area contributed by atoms with E-state index in [1.165, 1.54) is 0 Å². The van der Waals surface area contributed by atoms with Crippen molar-refractivity contribution in [2.45, 2.75) is 149 Å². The van der Waals surface area contributed by atoms with Crippen LogP contribution in [0, 0.1) is 11.8 Å². The van der Waals surface area contributed by atoms with Crippen molar-refractivity contribution in [3.05, 3.63) is 0 Å². The van der Waals surface area contributed by atoms with Crippen LogP contribution in [0.3, 0.4) is 0 Å². The number of carbonyl (C=O) groups is 2. The molecule has 0 N–H and O–H groups in total. The zero-order valence-corrected chi connectivity index (χ0v) is 24.8. The first-order chi connectivity index (χ1) is 16.1. The number of hydrogen-bond donors (Lipinski definition) is 0. The van der Waals surface area contributed by atoms with Gasteiger partial charge < -0.3 is 9.47 Å². The van der Waals surface area contributed by atoms with Crippen molar-refractivity contribution in [1.29, 1.82) is 0 Å². The third kappa shape index (κ3) is 5.30. The maximum absolute atomic E-state index is 12.9. The van der Waals surface area contributed by atoms with Crippen molar-refractivity contribution in [3.8, 4) is 0 Å². The molecule has 0 bridgehead atoms. The number of hydrogen-bond acceptors (Lipinski definition) is 6. The number of rotatable bonds is 8. The maximum Gasteiger partial charge on any atom is 0.317 e. The molecule has 0 aromatic rings. The van der Waals surface area contributed by atoms with Gasteiger partial charge in [-0.05, 0) is 67.5 Å². The van der Waals surface area contributed by atoms with Crippen LogP contribution in [0.4, 0.5) is 0 Å². The Hall–Kier alpha value is -1.14. The second-order valence-corrected chi connectivity index (χ2v) is 12.5. The average molecular weight is 495 g/mol. The van der Waals surface area contributed by atoms with Crippen LogP contribution in [-0.4, -0.2) is 70.2 Å². The minimum Gasteiger partial charge on any atom is -0.462 e. The Kier molecular flexibility index (Phi) is 9.19. The Morgan fingerprint density at radius 3 is 1.26 bits per heavy atom. The molecule has 0 radical (unpaired) electrons. The van der Waals surface area contributed by atoms with E-state index in [9.17, 15) is 9.59 Å². The molecule has 8 unspecified atom stereocenters. The molecule has 0 amide bonds. The number of nitrogens with zero attached hydrogens (tertiary/aromatic N) is 2. The second kappa shape index (κ2) is 10.7. The average Bonchev–Trinajstić information content (AvgIpc) is 2.83. The van der Waals surface area contributed by atoms with Gasteiger partial charge in [0.15, 0.2) is 0 Å². The zero-order valence-electron chi connectivity index (χ0n) is 24.8. The molecule has 2 fully saturated rings. The fraction of sp³-hybridized carbons (Fsp3) is 0.931. The largest absolute Gasteiger partial charge is 0.462 e. The van der Waals surface area contributed by atoms with E-state index in [1.807, 2.05) is 0 Å². The lowest BCUT2D eigenvalue weighted by Gasteiger charge is -2.59. The highest BCUT2D eigenvalue weighted by molar-refractivity contribution is 5.91. The van der Waals surface area contributed by atoms with Crippen molar-refractivity contribution in [2.75, 3.05) is 14.1 Å². The molecule has 0 aromatic carbocycles. The Bertz CT molecular complexity index is 712. The van der Waals surface area contributed by atoms with Crippen LogP contribution in [0.5, 0.6) is 0 Å². The molecule has 0 saturated carbocycles. The highest BCUT2D eigenvalue weighted by Crippen LogP contribution is 2.47. The number of esters is 2. The highest BCUT2D eigenvalue weighted by Gasteiger charge is 2.53. The van der Waals surface area contributed by atoms with Crippen LogP contribution in [-0.2, 0) is 19.1 Å². The van der Waals surface area contributed by atoms with Gasteiger partial charge in [0.05, 0.1) is 0 Å². The van der Waals surface area contributed by atoms with E-state index in [0.29, 0.717) is 0 Å². The summed E-state index contributed by atoms with van der Waals surface area (Å²) >= 11 is 0. The molecule has 8 atom stereocenters. The van der Waals surface area contributed by atoms with E-state index in [0.717, 1.165) is 38.5 Å². The first-order valence-electron chi connectivity index (χ1n) is 13.9. The third-order valence-electron chi connectivity index (χ3n) is 11.3. The lowest BCUT2D eigenvalue weighted by Crippen LogP contribution is -2.66. The Balaban J connectivity index is 2.10. The van der Waals surface area contributed by atoms with E-state index in [4.69, 9.17) is 9.47 Å². The highest BCUT2D eigenvalue weighted by atomic mass is 16.6. The van der Waals surface area contributed by atoms with Crippen LogP contribution in [0.2, 0.25) is 0 Å². The second-order valence-electron chi connectivity index (χ2n) is 12.5. The molecule has 0 spiro atoms. The molecule has 6 nitrogen and oxygen atoms in total. The van der Waals surface area contributed by atoms with Gasteiger partial charge >= 0.3 is 11.9 Å². The summed E-state index contributed by atoms with van der Waals surface area (Å²) in [6, 6.07) is 0. The summed E-state index contributed by atoms with van der Waals surface area (Å²) in [5.74, 6) is -0.598. The fourth-order valence-corrected chi connectivity index (χ4v) is 6.85. The van der Waals surface area contributed by atoms with Crippen LogP contribution in [0.1, 0.15) is 114 Å². The molecule has 2 rings (SSSR count). The topological polar surface area (TPSA) is 59.1 Å². The van der Waals surface area contributed by atoms with Crippen LogP contribution in [0.15, 0.2) is 0 Å². The zero-order chi connectivity index (χ0) is 27.0. The molecule has 0 aromatic heterocycles. The van der Waals surface area contributed by atoms with Crippen molar-refractivity contribution in [2.24, 2.45) is 11.8 Å². The van der Waals surface area contributed by atoms with E-state index < -0.39 is 11.9 Å². The Morgan fingerprint density at radius 1 is 0.686 bits per heavy atom. The van der Waals surface area contributed by atoms with Gasteiger partial charge in [-0.25, -0.2) is 0 Å². The lowest BCUT2D eigenvalue weighted by atomic mass is 9.68. The first kappa shape index (κ1) is 30.1. The number of likely N-dealkylation sites (tertiary alicyclic amines) is 2. The van der Waals surface area contributed by atoms with Gasteiger partial charge in [-0.1, -0.05) is 41.5 Å². The van der Waals surface area contributed by atoms with Gasteiger partial charge in [-0.15, -0.1) is 0 Å². The van der Waals surface area contributed by atoms with Gasteiger partial charge in [0.25, 0.3) is 0 Å². The first-order valence-corrected chi connectivity index (χ1v) is 13.9. The summed E-state index contributed by atoms with van der Waals surface area (Å²) in [5.41, 5.74) is -0.260. The number of piperidine rings is 2. The number of ether oxygens (including phenoxy) is 2. The van der Waals surface area contributed by atoms with Crippen LogP contribution >= 0.6 is 0 Å². The maximum atomic E-state index is 12.9. The molecular weight excluding hydrogens is 440 g/mol. The SMILES string of the molecule is CCC1(C)CC(OC(=O)CC(=O)OC2CC(C)(CC)N(C)C(C)(CC)C2C)C(C)C(C)(CC)N1C. The summed E-state index contributed by atoms with van der Waals surface area (Å²) in [7, 11) is 4.38. The molecule has 2 aliphatic heterocycles. The van der Waals surface area contributed by atoms with E-state index in [1.54, 1.807) is 0 Å².